The van der Waals surface area contributed by atoms with Crippen molar-refractivity contribution in [3.8, 4) is 0 Å². The standard InChI is InChI=1S/C15H21N3O4.6C4H9.2Sn/c1-14(2,3)21-12(19)17-10-7-8-11(16-9-10)18-13(20)22-15(4,5)6;6*1-3-4-2;;/h7H,1-6H3,(H,17,19)(H,16,18,20);6*1,3-4H2,2H3;;. The third-order valence-corrected chi connectivity index (χ3v) is 40.2. The van der Waals surface area contributed by atoms with Crippen molar-refractivity contribution < 1.29 is 19.1 Å². The molecule has 1 heterocycles. The Morgan fingerprint density at radius 2 is 0.917 bits per heavy atom. The summed E-state index contributed by atoms with van der Waals surface area (Å²) in [5.74, 6) is 0.735. The quantitative estimate of drug-likeness (QED) is 0.113. The van der Waals surface area contributed by atoms with E-state index in [0.717, 1.165) is 53.7 Å². The first-order valence-corrected chi connectivity index (χ1v) is 34.6. The number of ether oxygens (including phenoxy) is 2. The third kappa shape index (κ3) is 15.7. The summed E-state index contributed by atoms with van der Waals surface area (Å²) in [5, 5.41) is 6.59. The van der Waals surface area contributed by atoms with Crippen molar-refractivity contribution in [3.05, 3.63) is 6.07 Å². The van der Waals surface area contributed by atoms with Crippen molar-refractivity contribution in [3.63, 3.8) is 0 Å². The summed E-state index contributed by atoms with van der Waals surface area (Å²) in [6.45, 7) is 25.2. The van der Waals surface area contributed by atoms with E-state index < -0.39 is 60.1 Å². The van der Waals surface area contributed by atoms with Crippen LogP contribution in [-0.2, 0) is 9.47 Å². The average Bonchev–Trinajstić information content (AvgIpc) is 2.99. The Labute approximate surface area is 304 Å². The van der Waals surface area contributed by atoms with Gasteiger partial charge in [-0.2, -0.15) is 0 Å². The van der Waals surface area contributed by atoms with E-state index in [1.807, 2.05) is 41.5 Å². The van der Waals surface area contributed by atoms with Gasteiger partial charge >= 0.3 is 306 Å². The first-order chi connectivity index (χ1) is 22.6. The zero-order valence-electron chi connectivity index (χ0n) is 33.4. The summed E-state index contributed by atoms with van der Waals surface area (Å²) >= 11 is -6.49. The molecule has 0 bridgehead atoms. The molecule has 7 nitrogen and oxygen atoms in total. The van der Waals surface area contributed by atoms with Gasteiger partial charge in [0.05, 0.1) is 0 Å². The van der Waals surface area contributed by atoms with Crippen LogP contribution in [-0.4, -0.2) is 65.1 Å². The van der Waals surface area contributed by atoms with E-state index in [0.29, 0.717) is 0 Å². The van der Waals surface area contributed by atoms with Crippen LogP contribution in [0, 0.1) is 0 Å². The van der Waals surface area contributed by atoms with Crippen molar-refractivity contribution in [2.45, 2.75) is 198 Å². The van der Waals surface area contributed by atoms with Gasteiger partial charge in [0.2, 0.25) is 0 Å². The van der Waals surface area contributed by atoms with Crippen molar-refractivity contribution in [2.75, 3.05) is 10.6 Å². The first-order valence-electron chi connectivity index (χ1n) is 19.6. The summed E-state index contributed by atoms with van der Waals surface area (Å²) in [7, 11) is 0. The number of nitrogens with zero attached hydrogens (tertiary/aromatic N) is 1. The van der Waals surface area contributed by atoms with Gasteiger partial charge in [-0.1, -0.05) is 0 Å². The van der Waals surface area contributed by atoms with Gasteiger partial charge < -0.3 is 0 Å². The number of amides is 2. The molecular weight excluding hydrogens is 812 g/mol. The fourth-order valence-corrected chi connectivity index (χ4v) is 39.3. The Bertz CT molecular complexity index is 969. The number of rotatable bonds is 22. The van der Waals surface area contributed by atoms with Gasteiger partial charge in [-0.3, -0.25) is 0 Å². The number of nitrogens with one attached hydrogen (secondary N) is 2. The molecule has 0 unspecified atom stereocenters. The molecule has 0 saturated carbocycles. The van der Waals surface area contributed by atoms with Crippen molar-refractivity contribution >= 4 is 67.7 Å². The molecule has 278 valence electrons. The number of carbonyl (C=O) groups is 2. The molecule has 0 aliphatic rings. The van der Waals surface area contributed by atoms with Gasteiger partial charge in [0, 0.05) is 0 Å². The van der Waals surface area contributed by atoms with E-state index in [9.17, 15) is 9.59 Å². The summed E-state index contributed by atoms with van der Waals surface area (Å²) in [5.41, 5.74) is -0.360. The van der Waals surface area contributed by atoms with Crippen LogP contribution in [0.5, 0.6) is 0 Å². The Morgan fingerprint density at radius 1 is 0.583 bits per heavy atom. The Kier molecular flexibility index (Phi) is 21.0. The average molecular weight is 887 g/mol. The molecule has 0 aliphatic carbocycles. The minimum absolute atomic E-state index is 0.414. The fraction of sp³-hybridized carbons (Fsp3) is 0.821. The minimum atomic E-state index is -3.27. The molecule has 2 N–H and O–H groups in total. The van der Waals surface area contributed by atoms with E-state index >= 15 is 0 Å². The molecule has 0 aromatic carbocycles. The van der Waals surface area contributed by atoms with Crippen LogP contribution < -0.4 is 17.9 Å². The molecule has 2 amide bonds. The summed E-state index contributed by atoms with van der Waals surface area (Å²) < 4.78 is 21.4. The normalized spacial score (nSPS) is 12.6. The molecule has 1 aromatic rings. The Hall–Kier alpha value is -0.713. The van der Waals surface area contributed by atoms with Crippen LogP contribution in [0.4, 0.5) is 21.1 Å². The maximum atomic E-state index is 13.6. The third-order valence-electron chi connectivity index (χ3n) is 9.40. The van der Waals surface area contributed by atoms with Crippen LogP contribution >= 0.6 is 0 Å². The number of hydrogen-bond acceptors (Lipinski definition) is 5. The summed E-state index contributed by atoms with van der Waals surface area (Å²) in [6, 6.07) is 2.32. The number of carbonyl (C=O) groups excluding carboxylic acids is 2. The van der Waals surface area contributed by atoms with Gasteiger partial charge in [-0.15, -0.1) is 0 Å². The van der Waals surface area contributed by atoms with Crippen molar-refractivity contribution in [1.29, 1.82) is 0 Å². The predicted molar refractivity (Wildman–Crippen MR) is 213 cm³/mol. The van der Waals surface area contributed by atoms with Gasteiger partial charge in [0.15, 0.2) is 0 Å². The second-order valence-electron chi connectivity index (χ2n) is 16.2. The number of unbranched alkanes of at least 4 members (excludes halogenated alkanes) is 6. The van der Waals surface area contributed by atoms with E-state index in [-0.39, 0.29) is 0 Å². The van der Waals surface area contributed by atoms with Crippen molar-refractivity contribution in [2.24, 2.45) is 0 Å². The van der Waals surface area contributed by atoms with Crippen molar-refractivity contribution in [1.82, 2.24) is 4.98 Å². The zero-order chi connectivity index (χ0) is 36.4. The molecule has 48 heavy (non-hydrogen) atoms. The van der Waals surface area contributed by atoms with E-state index in [1.54, 1.807) is 0 Å². The van der Waals surface area contributed by atoms with E-state index in [4.69, 9.17) is 14.5 Å². The van der Waals surface area contributed by atoms with Gasteiger partial charge in [0.25, 0.3) is 0 Å². The molecule has 0 fully saturated rings. The topological polar surface area (TPSA) is 89.5 Å². The molecular formula is C39H75N3O4Sn2. The fourth-order valence-electron chi connectivity index (χ4n) is 6.93. The predicted octanol–water partition coefficient (Wildman–Crippen LogP) is 11.9. The van der Waals surface area contributed by atoms with E-state index in [1.165, 1.54) is 68.7 Å². The molecule has 0 atom stereocenters. The monoisotopic (exact) mass is 889 g/mol. The molecule has 0 saturated heterocycles. The molecule has 0 spiro atoms. The van der Waals surface area contributed by atoms with Gasteiger partial charge in [-0.05, 0) is 0 Å². The summed E-state index contributed by atoms with van der Waals surface area (Å²) in [6.07, 6.45) is 13.0. The van der Waals surface area contributed by atoms with E-state index in [2.05, 4.69) is 58.2 Å². The van der Waals surface area contributed by atoms with Crippen LogP contribution in [0.1, 0.15) is 160 Å². The molecule has 1 aromatic heterocycles. The van der Waals surface area contributed by atoms with Crippen LogP contribution in [0.3, 0.4) is 0 Å². The second-order valence-corrected chi connectivity index (χ2v) is 42.3. The molecule has 9 heteroatoms. The van der Waals surface area contributed by atoms with Crippen LogP contribution in [0.15, 0.2) is 6.07 Å². The molecule has 1 rings (SSSR count). The SMILES string of the molecule is CCC[CH2][Sn]([CH2]CCC)([CH2]CCC)[c]1cc(NC(=O)OC(C)(C)C)[c]([Sn]([CH2]CCC)([CH2]CCC)[CH2]CCC)nc1NC(=O)OC(C)(C)C. The molecule has 0 radical (unpaired) electrons. The summed E-state index contributed by atoms with van der Waals surface area (Å²) in [4.78, 5) is 32.9. The maximum absolute atomic E-state index is 13.6. The molecule has 0 aliphatic heterocycles. The number of hydrogen-bond donors (Lipinski definition) is 2. The first kappa shape index (κ1) is 45.3. The Morgan fingerprint density at radius 3 is 1.25 bits per heavy atom. The number of anilines is 2. The zero-order valence-corrected chi connectivity index (χ0v) is 39.1. The number of aromatic nitrogens is 1. The van der Waals surface area contributed by atoms with Crippen LogP contribution in [0.2, 0.25) is 26.6 Å². The number of pyridine rings is 1. The second kappa shape index (κ2) is 22.3. The van der Waals surface area contributed by atoms with Gasteiger partial charge in [0.1, 0.15) is 0 Å². The van der Waals surface area contributed by atoms with Crippen LogP contribution in [0.25, 0.3) is 0 Å². The Balaban J connectivity index is 4.37. The van der Waals surface area contributed by atoms with Gasteiger partial charge in [-0.25, -0.2) is 0 Å².